The molecule has 1 aromatic heterocycles. The lowest BCUT2D eigenvalue weighted by atomic mass is 10.4. The van der Waals surface area contributed by atoms with Gasteiger partial charge in [0.2, 0.25) is 0 Å². The van der Waals surface area contributed by atoms with Gasteiger partial charge in [-0.3, -0.25) is 0 Å². The molecule has 0 atom stereocenters. The molecule has 5 heteroatoms. The molecule has 0 radical (unpaired) electrons. The van der Waals surface area contributed by atoms with Crippen LogP contribution in [0.3, 0.4) is 0 Å². The van der Waals surface area contributed by atoms with Crippen LogP contribution in [0.2, 0.25) is 0 Å². The fourth-order valence-corrected chi connectivity index (χ4v) is 1.28. The monoisotopic (exact) mass is 194 g/mol. The molecule has 1 aliphatic carbocycles. The van der Waals surface area contributed by atoms with E-state index in [9.17, 15) is 0 Å². The number of anilines is 2. The number of aliphatic hydroxyl groups excluding tert-OH is 1. The van der Waals surface area contributed by atoms with Gasteiger partial charge in [0, 0.05) is 18.5 Å². The molecule has 0 spiro atoms. The average molecular weight is 194 g/mol. The molecule has 2 rings (SSSR count). The normalized spacial score (nSPS) is 15.5. The Morgan fingerprint density at radius 3 is 2.93 bits per heavy atom. The first-order valence-corrected chi connectivity index (χ1v) is 4.79. The molecule has 1 heterocycles. The SMILES string of the molecule is Nc1cc(NCCO)nc(C2CC2)n1. The van der Waals surface area contributed by atoms with Gasteiger partial charge in [-0.1, -0.05) is 0 Å². The Hall–Kier alpha value is -1.36. The molecule has 1 saturated carbocycles. The lowest BCUT2D eigenvalue weighted by Gasteiger charge is -2.06. The Bertz CT molecular complexity index is 325. The van der Waals surface area contributed by atoms with Crippen LogP contribution in [0.4, 0.5) is 11.6 Å². The third kappa shape index (κ3) is 2.11. The molecule has 76 valence electrons. The first-order valence-electron chi connectivity index (χ1n) is 4.79. The van der Waals surface area contributed by atoms with E-state index in [-0.39, 0.29) is 6.61 Å². The van der Waals surface area contributed by atoms with Crippen LogP contribution in [0.1, 0.15) is 24.6 Å². The number of hydrogen-bond acceptors (Lipinski definition) is 5. The summed E-state index contributed by atoms with van der Waals surface area (Å²) < 4.78 is 0. The third-order valence-corrected chi connectivity index (χ3v) is 2.12. The van der Waals surface area contributed by atoms with Crippen molar-refractivity contribution in [3.63, 3.8) is 0 Å². The number of hydrogen-bond donors (Lipinski definition) is 3. The molecular weight excluding hydrogens is 180 g/mol. The maximum absolute atomic E-state index is 8.65. The van der Waals surface area contributed by atoms with Crippen molar-refractivity contribution in [2.45, 2.75) is 18.8 Å². The van der Waals surface area contributed by atoms with E-state index in [4.69, 9.17) is 10.8 Å². The van der Waals surface area contributed by atoms with E-state index < -0.39 is 0 Å². The average Bonchev–Trinajstić information content (AvgIpc) is 2.97. The Labute approximate surface area is 82.4 Å². The second kappa shape index (κ2) is 3.79. The zero-order valence-corrected chi connectivity index (χ0v) is 7.90. The van der Waals surface area contributed by atoms with Crippen molar-refractivity contribution in [2.75, 3.05) is 24.2 Å². The van der Waals surface area contributed by atoms with Crippen LogP contribution < -0.4 is 11.1 Å². The molecule has 14 heavy (non-hydrogen) atoms. The number of nitrogen functional groups attached to an aromatic ring is 1. The van der Waals surface area contributed by atoms with Crippen LogP contribution in [0.15, 0.2) is 6.07 Å². The zero-order chi connectivity index (χ0) is 9.97. The van der Waals surface area contributed by atoms with Gasteiger partial charge >= 0.3 is 0 Å². The quantitative estimate of drug-likeness (QED) is 0.643. The predicted molar refractivity (Wildman–Crippen MR) is 54.0 cm³/mol. The second-order valence-corrected chi connectivity index (χ2v) is 3.46. The number of nitrogens with one attached hydrogen (secondary N) is 1. The number of nitrogens with zero attached hydrogens (tertiary/aromatic N) is 2. The summed E-state index contributed by atoms with van der Waals surface area (Å²) in [4.78, 5) is 8.49. The van der Waals surface area contributed by atoms with E-state index in [0.717, 1.165) is 18.7 Å². The topological polar surface area (TPSA) is 84.1 Å². The molecule has 0 unspecified atom stereocenters. The van der Waals surface area contributed by atoms with Gasteiger partial charge in [-0.25, -0.2) is 9.97 Å². The molecule has 1 aliphatic rings. The van der Waals surface area contributed by atoms with Gasteiger partial charge in [0.25, 0.3) is 0 Å². The standard InChI is InChI=1S/C9H14N4O/c10-7-5-8(11-3-4-14)13-9(12-7)6-1-2-6/h5-6,14H,1-4H2,(H3,10,11,12,13). The van der Waals surface area contributed by atoms with Crippen LogP contribution in [-0.2, 0) is 0 Å². The van der Waals surface area contributed by atoms with Crippen molar-refractivity contribution in [3.8, 4) is 0 Å². The summed E-state index contributed by atoms with van der Waals surface area (Å²) in [6, 6.07) is 1.68. The Balaban J connectivity index is 2.13. The van der Waals surface area contributed by atoms with Gasteiger partial charge < -0.3 is 16.2 Å². The summed E-state index contributed by atoms with van der Waals surface area (Å²) in [5, 5.41) is 11.6. The van der Waals surface area contributed by atoms with Crippen LogP contribution in [0, 0.1) is 0 Å². The van der Waals surface area contributed by atoms with Gasteiger partial charge in [0.05, 0.1) is 6.61 Å². The van der Waals surface area contributed by atoms with Gasteiger partial charge in [0.15, 0.2) is 0 Å². The summed E-state index contributed by atoms with van der Waals surface area (Å²) in [5.41, 5.74) is 5.64. The highest BCUT2D eigenvalue weighted by atomic mass is 16.3. The van der Waals surface area contributed by atoms with Crippen LogP contribution in [-0.4, -0.2) is 28.2 Å². The van der Waals surface area contributed by atoms with E-state index >= 15 is 0 Å². The van der Waals surface area contributed by atoms with Crippen molar-refractivity contribution in [3.05, 3.63) is 11.9 Å². The molecule has 0 saturated heterocycles. The number of aromatic nitrogens is 2. The van der Waals surface area contributed by atoms with Gasteiger partial charge in [-0.15, -0.1) is 0 Å². The second-order valence-electron chi connectivity index (χ2n) is 3.46. The summed E-state index contributed by atoms with van der Waals surface area (Å²) in [7, 11) is 0. The van der Waals surface area contributed by atoms with Crippen LogP contribution in [0.5, 0.6) is 0 Å². The molecule has 1 fully saturated rings. The van der Waals surface area contributed by atoms with Crippen molar-refractivity contribution in [1.82, 2.24) is 9.97 Å². The van der Waals surface area contributed by atoms with Crippen molar-refractivity contribution < 1.29 is 5.11 Å². The Morgan fingerprint density at radius 2 is 2.29 bits per heavy atom. The van der Waals surface area contributed by atoms with Crippen molar-refractivity contribution in [1.29, 1.82) is 0 Å². The zero-order valence-electron chi connectivity index (χ0n) is 7.90. The lowest BCUT2D eigenvalue weighted by Crippen LogP contribution is -2.09. The molecule has 5 nitrogen and oxygen atoms in total. The largest absolute Gasteiger partial charge is 0.395 e. The highest BCUT2D eigenvalue weighted by molar-refractivity contribution is 5.45. The van der Waals surface area contributed by atoms with E-state index in [1.54, 1.807) is 6.07 Å². The minimum absolute atomic E-state index is 0.0860. The molecule has 1 aromatic rings. The first kappa shape index (κ1) is 9.21. The number of aliphatic hydroxyl groups is 1. The fraction of sp³-hybridized carbons (Fsp3) is 0.556. The van der Waals surface area contributed by atoms with Crippen molar-refractivity contribution >= 4 is 11.6 Å². The van der Waals surface area contributed by atoms with E-state index in [2.05, 4.69) is 15.3 Å². The Morgan fingerprint density at radius 1 is 1.50 bits per heavy atom. The highest BCUT2D eigenvalue weighted by Gasteiger charge is 2.27. The Kier molecular flexibility index (Phi) is 2.49. The predicted octanol–water partition coefficient (Wildman–Crippen LogP) is 0.340. The fourth-order valence-electron chi connectivity index (χ4n) is 1.28. The van der Waals surface area contributed by atoms with Crippen LogP contribution in [0.25, 0.3) is 0 Å². The van der Waals surface area contributed by atoms with Crippen LogP contribution >= 0.6 is 0 Å². The van der Waals surface area contributed by atoms with E-state index in [1.807, 2.05) is 0 Å². The first-order chi connectivity index (χ1) is 6.79. The molecule has 4 N–H and O–H groups in total. The molecule has 0 aromatic carbocycles. The summed E-state index contributed by atoms with van der Waals surface area (Å²) >= 11 is 0. The van der Waals surface area contributed by atoms with Crippen molar-refractivity contribution in [2.24, 2.45) is 0 Å². The summed E-state index contributed by atoms with van der Waals surface area (Å²) in [6.07, 6.45) is 2.31. The number of nitrogens with two attached hydrogens (primary N) is 1. The molecular formula is C9H14N4O. The molecule has 0 amide bonds. The minimum Gasteiger partial charge on any atom is -0.395 e. The maximum Gasteiger partial charge on any atom is 0.136 e. The molecule has 0 bridgehead atoms. The summed E-state index contributed by atoms with van der Waals surface area (Å²) in [6.45, 7) is 0.573. The van der Waals surface area contributed by atoms with E-state index in [1.165, 1.54) is 0 Å². The lowest BCUT2D eigenvalue weighted by molar-refractivity contribution is 0.311. The minimum atomic E-state index is 0.0860. The number of rotatable bonds is 4. The maximum atomic E-state index is 8.65. The van der Waals surface area contributed by atoms with Gasteiger partial charge in [-0.05, 0) is 12.8 Å². The van der Waals surface area contributed by atoms with E-state index in [0.29, 0.717) is 24.1 Å². The third-order valence-electron chi connectivity index (χ3n) is 2.12. The molecule has 0 aliphatic heterocycles. The van der Waals surface area contributed by atoms with Gasteiger partial charge in [-0.2, -0.15) is 0 Å². The highest BCUT2D eigenvalue weighted by Crippen LogP contribution is 2.38. The van der Waals surface area contributed by atoms with Gasteiger partial charge in [0.1, 0.15) is 17.5 Å². The smallest absolute Gasteiger partial charge is 0.136 e. The summed E-state index contributed by atoms with van der Waals surface area (Å²) in [5.74, 6) is 2.51.